The molecule has 0 aromatic carbocycles. The van der Waals surface area contributed by atoms with E-state index in [0.29, 0.717) is 13.1 Å². The Morgan fingerprint density at radius 2 is 2.33 bits per heavy atom. The second-order valence-corrected chi connectivity index (χ2v) is 4.62. The molecule has 0 saturated heterocycles. The van der Waals surface area contributed by atoms with Gasteiger partial charge in [-0.25, -0.2) is 9.50 Å². The molecule has 2 rings (SSSR count). The summed E-state index contributed by atoms with van der Waals surface area (Å²) in [6.07, 6.45) is 5.38. The van der Waals surface area contributed by atoms with Crippen molar-refractivity contribution in [3.05, 3.63) is 29.7 Å². The highest BCUT2D eigenvalue weighted by molar-refractivity contribution is 5.38. The van der Waals surface area contributed by atoms with Gasteiger partial charge in [0.2, 0.25) is 0 Å². The van der Waals surface area contributed by atoms with Crippen LogP contribution in [0.2, 0.25) is 0 Å². The number of hydrogen-bond donors (Lipinski definition) is 2. The molecule has 98 valence electrons. The predicted molar refractivity (Wildman–Crippen MR) is 70.3 cm³/mol. The molecule has 0 aliphatic rings. The number of nitrogens with one attached hydrogen (secondary N) is 1. The molecule has 0 radical (unpaired) electrons. The van der Waals surface area contributed by atoms with Crippen LogP contribution < -0.4 is 5.32 Å². The summed E-state index contributed by atoms with van der Waals surface area (Å²) >= 11 is 0. The second kappa shape index (κ2) is 5.93. The molecule has 0 spiro atoms. The summed E-state index contributed by atoms with van der Waals surface area (Å²) in [4.78, 5) is 4.33. The maximum Gasteiger partial charge on any atom is 0.155 e. The normalized spacial score (nSPS) is 13.1. The number of aliphatic hydroxyl groups is 1. The summed E-state index contributed by atoms with van der Waals surface area (Å²) in [5.41, 5.74) is 2.89. The number of aliphatic hydroxyl groups excluding tert-OH is 1. The summed E-state index contributed by atoms with van der Waals surface area (Å²) in [5.74, 6) is 0. The van der Waals surface area contributed by atoms with Crippen molar-refractivity contribution in [3.63, 3.8) is 0 Å². The minimum atomic E-state index is -0.265. The van der Waals surface area contributed by atoms with Gasteiger partial charge in [-0.2, -0.15) is 5.10 Å². The van der Waals surface area contributed by atoms with Crippen LogP contribution in [0.1, 0.15) is 31.0 Å². The third-order valence-electron chi connectivity index (χ3n) is 2.82. The summed E-state index contributed by atoms with van der Waals surface area (Å²) in [6.45, 7) is 5.33. The number of aromatic nitrogens is 3. The predicted octanol–water partition coefficient (Wildman–Crippen LogP) is 1.29. The lowest BCUT2D eigenvalue weighted by atomic mass is 10.2. The van der Waals surface area contributed by atoms with Crippen molar-refractivity contribution in [2.75, 3.05) is 6.54 Å². The fourth-order valence-electron chi connectivity index (χ4n) is 1.94. The molecule has 1 atom stereocenters. The molecule has 0 aliphatic heterocycles. The third kappa shape index (κ3) is 3.27. The van der Waals surface area contributed by atoms with Crippen molar-refractivity contribution < 1.29 is 5.11 Å². The van der Waals surface area contributed by atoms with Crippen LogP contribution in [-0.4, -0.2) is 32.4 Å². The molecule has 0 fully saturated rings. The topological polar surface area (TPSA) is 62.5 Å². The average molecular weight is 248 g/mol. The van der Waals surface area contributed by atoms with E-state index in [-0.39, 0.29) is 6.10 Å². The van der Waals surface area contributed by atoms with E-state index in [1.165, 1.54) is 0 Å². The number of nitrogens with zero attached hydrogens (tertiary/aromatic N) is 3. The molecule has 0 saturated carbocycles. The van der Waals surface area contributed by atoms with E-state index < -0.39 is 0 Å². The van der Waals surface area contributed by atoms with Gasteiger partial charge in [0, 0.05) is 37.1 Å². The van der Waals surface area contributed by atoms with Crippen LogP contribution in [0.5, 0.6) is 0 Å². The van der Waals surface area contributed by atoms with Crippen LogP contribution >= 0.6 is 0 Å². The molecule has 2 aromatic rings. The first kappa shape index (κ1) is 13.0. The zero-order chi connectivity index (χ0) is 13.0. The lowest BCUT2D eigenvalue weighted by Gasteiger charge is -2.10. The van der Waals surface area contributed by atoms with Gasteiger partial charge in [-0.05, 0) is 13.3 Å². The van der Waals surface area contributed by atoms with E-state index in [2.05, 4.69) is 22.3 Å². The average Bonchev–Trinajstić information content (AvgIpc) is 2.69. The van der Waals surface area contributed by atoms with Gasteiger partial charge in [-0.15, -0.1) is 0 Å². The van der Waals surface area contributed by atoms with Crippen molar-refractivity contribution in [3.8, 4) is 0 Å². The van der Waals surface area contributed by atoms with Crippen LogP contribution in [0.3, 0.4) is 0 Å². The van der Waals surface area contributed by atoms with Crippen molar-refractivity contribution in [1.82, 2.24) is 19.9 Å². The summed E-state index contributed by atoms with van der Waals surface area (Å²) in [6, 6.07) is 1.95. The smallest absolute Gasteiger partial charge is 0.155 e. The Bertz CT molecular complexity index is 509. The first-order chi connectivity index (χ1) is 8.69. The van der Waals surface area contributed by atoms with E-state index in [4.69, 9.17) is 0 Å². The van der Waals surface area contributed by atoms with E-state index in [9.17, 15) is 5.11 Å². The van der Waals surface area contributed by atoms with Gasteiger partial charge in [0.15, 0.2) is 5.65 Å². The van der Waals surface area contributed by atoms with Crippen LogP contribution in [0, 0.1) is 6.92 Å². The maximum atomic E-state index is 9.61. The molecule has 2 heterocycles. The summed E-state index contributed by atoms with van der Waals surface area (Å²) < 4.78 is 1.79. The van der Waals surface area contributed by atoms with Crippen molar-refractivity contribution in [1.29, 1.82) is 0 Å². The van der Waals surface area contributed by atoms with Gasteiger partial charge in [0.25, 0.3) is 0 Å². The number of hydrogen-bond acceptors (Lipinski definition) is 4. The van der Waals surface area contributed by atoms with Crippen LogP contribution in [0.4, 0.5) is 0 Å². The largest absolute Gasteiger partial charge is 0.392 e. The molecular weight excluding hydrogens is 228 g/mol. The van der Waals surface area contributed by atoms with Crippen molar-refractivity contribution >= 4 is 5.65 Å². The fourth-order valence-corrected chi connectivity index (χ4v) is 1.94. The van der Waals surface area contributed by atoms with Crippen LogP contribution in [0.25, 0.3) is 5.65 Å². The first-order valence-corrected chi connectivity index (χ1v) is 6.38. The van der Waals surface area contributed by atoms with Gasteiger partial charge in [0.05, 0.1) is 11.8 Å². The van der Waals surface area contributed by atoms with Gasteiger partial charge in [-0.3, -0.25) is 0 Å². The van der Waals surface area contributed by atoms with E-state index in [1.807, 2.05) is 25.4 Å². The maximum absolute atomic E-state index is 9.61. The van der Waals surface area contributed by atoms with Gasteiger partial charge in [0.1, 0.15) is 0 Å². The van der Waals surface area contributed by atoms with Gasteiger partial charge in [-0.1, -0.05) is 13.3 Å². The Hall–Kier alpha value is -1.46. The summed E-state index contributed by atoms with van der Waals surface area (Å²) in [7, 11) is 0. The lowest BCUT2D eigenvalue weighted by molar-refractivity contribution is 0.160. The molecule has 5 heteroatoms. The SMILES string of the molecule is CCCC(O)CNCc1cnc2cc(C)nn2c1. The minimum Gasteiger partial charge on any atom is -0.392 e. The van der Waals surface area contributed by atoms with Gasteiger partial charge >= 0.3 is 0 Å². The Kier molecular flexibility index (Phi) is 4.28. The number of fused-ring (bicyclic) bond motifs is 1. The lowest BCUT2D eigenvalue weighted by Crippen LogP contribution is -2.26. The zero-order valence-corrected chi connectivity index (χ0v) is 10.9. The number of rotatable bonds is 6. The van der Waals surface area contributed by atoms with E-state index >= 15 is 0 Å². The third-order valence-corrected chi connectivity index (χ3v) is 2.82. The highest BCUT2D eigenvalue weighted by Crippen LogP contribution is 2.04. The molecule has 0 bridgehead atoms. The molecule has 2 N–H and O–H groups in total. The minimum absolute atomic E-state index is 0.265. The molecule has 0 amide bonds. The molecule has 18 heavy (non-hydrogen) atoms. The number of aryl methyl sites for hydroxylation is 1. The first-order valence-electron chi connectivity index (χ1n) is 6.38. The Morgan fingerprint density at radius 3 is 3.11 bits per heavy atom. The van der Waals surface area contributed by atoms with Crippen molar-refractivity contribution in [2.45, 2.75) is 39.3 Å². The second-order valence-electron chi connectivity index (χ2n) is 4.62. The summed E-state index contributed by atoms with van der Waals surface area (Å²) in [5, 5.41) is 17.2. The van der Waals surface area contributed by atoms with Crippen LogP contribution in [0.15, 0.2) is 18.5 Å². The Balaban J connectivity index is 1.91. The molecule has 1 unspecified atom stereocenters. The fraction of sp³-hybridized carbons (Fsp3) is 0.538. The van der Waals surface area contributed by atoms with Crippen LogP contribution in [-0.2, 0) is 6.54 Å². The molecule has 0 aliphatic carbocycles. The molecular formula is C13H20N4O. The Morgan fingerprint density at radius 1 is 1.50 bits per heavy atom. The van der Waals surface area contributed by atoms with E-state index in [1.54, 1.807) is 4.52 Å². The van der Waals surface area contributed by atoms with E-state index in [0.717, 1.165) is 29.7 Å². The van der Waals surface area contributed by atoms with Gasteiger partial charge < -0.3 is 10.4 Å². The molecule has 2 aromatic heterocycles. The quantitative estimate of drug-likeness (QED) is 0.808. The highest BCUT2D eigenvalue weighted by Gasteiger charge is 2.03. The molecule has 5 nitrogen and oxygen atoms in total. The highest BCUT2D eigenvalue weighted by atomic mass is 16.3. The van der Waals surface area contributed by atoms with Crippen molar-refractivity contribution in [2.24, 2.45) is 0 Å². The monoisotopic (exact) mass is 248 g/mol. The zero-order valence-electron chi connectivity index (χ0n) is 10.9. The Labute approximate surface area is 107 Å². The standard InChI is InChI=1S/C13H20N4O/c1-3-4-12(18)8-14-6-11-7-15-13-5-10(2)16-17(13)9-11/h5,7,9,12,14,18H,3-4,6,8H2,1-2H3.